The lowest BCUT2D eigenvalue weighted by molar-refractivity contribution is -0.121. The number of carbonyl (C=O) groups excluding carboxylic acids is 1. The Balaban J connectivity index is 1.38. The van der Waals surface area contributed by atoms with Crippen LogP contribution in [0.3, 0.4) is 0 Å². The van der Waals surface area contributed by atoms with Crippen LogP contribution in [0.2, 0.25) is 5.02 Å². The molecule has 1 amide bonds. The molecule has 1 aromatic heterocycles. The van der Waals surface area contributed by atoms with Gasteiger partial charge in [0.05, 0.1) is 11.0 Å². The Morgan fingerprint density at radius 3 is 2.83 bits per heavy atom. The summed E-state index contributed by atoms with van der Waals surface area (Å²) in [6.07, 6.45) is 2.85. The van der Waals surface area contributed by atoms with Gasteiger partial charge in [-0.2, -0.15) is 0 Å². The zero-order valence-corrected chi connectivity index (χ0v) is 14.1. The van der Waals surface area contributed by atoms with Crippen LogP contribution >= 0.6 is 11.6 Å². The van der Waals surface area contributed by atoms with Crippen LogP contribution in [0.1, 0.15) is 24.2 Å². The highest BCUT2D eigenvalue weighted by molar-refractivity contribution is 6.30. The molecule has 2 N–H and O–H groups in total. The van der Waals surface area contributed by atoms with Gasteiger partial charge in [-0.25, -0.2) is 4.98 Å². The third-order valence-corrected chi connectivity index (χ3v) is 4.12. The summed E-state index contributed by atoms with van der Waals surface area (Å²) in [5.74, 6) is 1.01. The topological polar surface area (TPSA) is 57.8 Å². The number of para-hydroxylation sites is 2. The molecule has 1 heterocycles. The van der Waals surface area contributed by atoms with E-state index >= 15 is 0 Å². The second-order valence-electron chi connectivity index (χ2n) is 5.78. The van der Waals surface area contributed by atoms with Gasteiger partial charge >= 0.3 is 0 Å². The average molecular weight is 342 g/mol. The van der Waals surface area contributed by atoms with E-state index in [0.717, 1.165) is 46.7 Å². The van der Waals surface area contributed by atoms with Gasteiger partial charge in [-0.05, 0) is 42.7 Å². The number of nitrogens with zero attached hydrogens (tertiary/aromatic N) is 1. The number of imidazole rings is 1. The number of rotatable bonds is 7. The van der Waals surface area contributed by atoms with Crippen LogP contribution in [0.4, 0.5) is 0 Å². The Morgan fingerprint density at radius 2 is 2.00 bits per heavy atom. The van der Waals surface area contributed by atoms with E-state index in [1.807, 2.05) is 48.5 Å². The third kappa shape index (κ3) is 4.59. The molecule has 0 fully saturated rings. The zero-order chi connectivity index (χ0) is 16.8. The Labute approximate surface area is 146 Å². The number of carbonyl (C=O) groups is 1. The highest BCUT2D eigenvalue weighted by atomic mass is 35.5. The van der Waals surface area contributed by atoms with Crippen molar-refractivity contribution in [3.63, 3.8) is 0 Å². The maximum atomic E-state index is 11.9. The molecule has 3 rings (SSSR count). The molecule has 4 nitrogen and oxygen atoms in total. The molecule has 24 heavy (non-hydrogen) atoms. The number of hydrogen-bond donors (Lipinski definition) is 2. The number of fused-ring (bicyclic) bond motifs is 1. The minimum atomic E-state index is 0.0770. The fourth-order valence-electron chi connectivity index (χ4n) is 2.67. The van der Waals surface area contributed by atoms with E-state index < -0.39 is 0 Å². The van der Waals surface area contributed by atoms with Crippen molar-refractivity contribution in [3.05, 3.63) is 64.9 Å². The van der Waals surface area contributed by atoms with Crippen molar-refractivity contribution in [1.82, 2.24) is 15.3 Å². The summed E-state index contributed by atoms with van der Waals surface area (Å²) in [6.45, 7) is 0.629. The molecule has 2 aromatic carbocycles. The molecule has 0 saturated heterocycles. The summed E-state index contributed by atoms with van der Waals surface area (Å²) in [6, 6.07) is 15.7. The molecule has 0 radical (unpaired) electrons. The van der Waals surface area contributed by atoms with Gasteiger partial charge < -0.3 is 10.3 Å². The second kappa shape index (κ2) is 7.97. The first-order valence-electron chi connectivity index (χ1n) is 8.15. The molecule has 0 aliphatic rings. The predicted molar refractivity (Wildman–Crippen MR) is 97.2 cm³/mol. The molecule has 3 aromatic rings. The summed E-state index contributed by atoms with van der Waals surface area (Å²) >= 11 is 5.95. The fourth-order valence-corrected chi connectivity index (χ4v) is 2.88. The van der Waals surface area contributed by atoms with Gasteiger partial charge in [-0.1, -0.05) is 35.9 Å². The monoisotopic (exact) mass is 341 g/mol. The highest BCUT2D eigenvalue weighted by Gasteiger charge is 2.05. The number of nitrogens with one attached hydrogen (secondary N) is 2. The fraction of sp³-hybridized carbons (Fsp3) is 0.263. The Kier molecular flexibility index (Phi) is 5.49. The van der Waals surface area contributed by atoms with Crippen LogP contribution in [0, 0.1) is 0 Å². The molecule has 0 saturated carbocycles. The van der Waals surface area contributed by atoms with Gasteiger partial charge in [0.1, 0.15) is 5.82 Å². The largest absolute Gasteiger partial charge is 0.356 e. The number of aryl methyl sites for hydroxylation is 1. The highest BCUT2D eigenvalue weighted by Crippen LogP contribution is 2.12. The number of benzene rings is 2. The van der Waals surface area contributed by atoms with Crippen LogP contribution in [-0.2, 0) is 17.6 Å². The lowest BCUT2D eigenvalue weighted by Crippen LogP contribution is -2.25. The van der Waals surface area contributed by atoms with Crippen molar-refractivity contribution in [1.29, 1.82) is 0 Å². The van der Waals surface area contributed by atoms with E-state index in [9.17, 15) is 4.79 Å². The van der Waals surface area contributed by atoms with E-state index in [1.165, 1.54) is 0 Å². The van der Waals surface area contributed by atoms with Gasteiger partial charge in [-0.15, -0.1) is 0 Å². The minimum absolute atomic E-state index is 0.0770. The van der Waals surface area contributed by atoms with E-state index in [1.54, 1.807) is 0 Å². The summed E-state index contributed by atoms with van der Waals surface area (Å²) in [4.78, 5) is 19.7. The van der Waals surface area contributed by atoms with Crippen molar-refractivity contribution in [2.45, 2.75) is 25.7 Å². The number of aromatic nitrogens is 2. The smallest absolute Gasteiger partial charge is 0.220 e. The number of amides is 1. The lowest BCUT2D eigenvalue weighted by Gasteiger charge is -2.05. The zero-order valence-electron chi connectivity index (χ0n) is 13.4. The Hall–Kier alpha value is -2.33. The third-order valence-electron chi connectivity index (χ3n) is 3.88. The Bertz CT molecular complexity index is 795. The van der Waals surface area contributed by atoms with Gasteiger partial charge in [0.15, 0.2) is 0 Å². The minimum Gasteiger partial charge on any atom is -0.356 e. The SMILES string of the molecule is O=C(CCCc1nc2ccccc2[nH]1)NCCc1cccc(Cl)c1. The summed E-state index contributed by atoms with van der Waals surface area (Å²) in [7, 11) is 0. The molecule has 0 spiro atoms. The van der Waals surface area contributed by atoms with E-state index in [4.69, 9.17) is 11.6 Å². The van der Waals surface area contributed by atoms with Crippen molar-refractivity contribution >= 4 is 28.5 Å². The number of H-pyrrole nitrogens is 1. The molecule has 0 aliphatic heterocycles. The van der Waals surface area contributed by atoms with E-state index in [-0.39, 0.29) is 5.91 Å². The van der Waals surface area contributed by atoms with Gasteiger partial charge in [0, 0.05) is 24.4 Å². The lowest BCUT2D eigenvalue weighted by atomic mass is 10.1. The van der Waals surface area contributed by atoms with Gasteiger partial charge in [-0.3, -0.25) is 4.79 Å². The van der Waals surface area contributed by atoms with Crippen molar-refractivity contribution < 1.29 is 4.79 Å². The average Bonchev–Trinajstić information content (AvgIpc) is 2.97. The normalized spacial score (nSPS) is 10.9. The van der Waals surface area contributed by atoms with Crippen LogP contribution in [0.5, 0.6) is 0 Å². The molecular weight excluding hydrogens is 322 g/mol. The number of halogens is 1. The quantitative estimate of drug-likeness (QED) is 0.684. The summed E-state index contributed by atoms with van der Waals surface area (Å²) in [5, 5.41) is 3.68. The van der Waals surface area contributed by atoms with Gasteiger partial charge in [0.25, 0.3) is 0 Å². The molecule has 0 aliphatic carbocycles. The van der Waals surface area contributed by atoms with Crippen molar-refractivity contribution in [2.75, 3.05) is 6.54 Å². The van der Waals surface area contributed by atoms with Crippen molar-refractivity contribution in [3.8, 4) is 0 Å². The first kappa shape index (κ1) is 16.5. The maximum absolute atomic E-state index is 11.9. The molecule has 0 unspecified atom stereocenters. The molecule has 0 bridgehead atoms. The molecular formula is C19H20ClN3O. The summed E-state index contributed by atoms with van der Waals surface area (Å²) < 4.78 is 0. The maximum Gasteiger partial charge on any atom is 0.220 e. The second-order valence-corrected chi connectivity index (χ2v) is 6.22. The number of aromatic amines is 1. The van der Waals surface area contributed by atoms with Crippen molar-refractivity contribution in [2.24, 2.45) is 0 Å². The van der Waals surface area contributed by atoms with E-state index in [2.05, 4.69) is 15.3 Å². The standard InChI is InChI=1S/C19H20ClN3O/c20-15-6-3-5-14(13-15)11-12-21-19(24)10-4-9-18-22-16-7-1-2-8-17(16)23-18/h1-3,5-8,13H,4,9-12H2,(H,21,24)(H,22,23). The number of hydrogen-bond acceptors (Lipinski definition) is 2. The van der Waals surface area contributed by atoms with Crippen LogP contribution < -0.4 is 5.32 Å². The van der Waals surface area contributed by atoms with Crippen LogP contribution in [-0.4, -0.2) is 22.4 Å². The van der Waals surface area contributed by atoms with E-state index in [0.29, 0.717) is 13.0 Å². The first-order chi connectivity index (χ1) is 11.7. The molecule has 5 heteroatoms. The van der Waals surface area contributed by atoms with Crippen LogP contribution in [0.15, 0.2) is 48.5 Å². The van der Waals surface area contributed by atoms with Gasteiger partial charge in [0.2, 0.25) is 5.91 Å². The Morgan fingerprint density at radius 1 is 1.12 bits per heavy atom. The summed E-state index contributed by atoms with van der Waals surface area (Å²) in [5.41, 5.74) is 3.14. The predicted octanol–water partition coefficient (Wildman–Crippen LogP) is 3.90. The molecule has 124 valence electrons. The van der Waals surface area contributed by atoms with Crippen LogP contribution in [0.25, 0.3) is 11.0 Å². The first-order valence-corrected chi connectivity index (χ1v) is 8.53. The molecule has 0 atom stereocenters.